The number of carbonyl (C=O) groups is 9. The molecule has 149 heavy (non-hydrogen) atoms. The molecule has 0 radical (unpaired) electrons. The van der Waals surface area contributed by atoms with Gasteiger partial charge in [-0.2, -0.15) is 0 Å². The standard InChI is InChI=1S/C25H28N4O2.C24H26N4O2.C24H25N3O2.C23H21N5O2.C23H24N4O2/c1-25(2,3)27-24(31)26-20-13-12-19-11-10-18-8-4-5-9-21(18)29(22(19)16-20)23(30)17-28-14-6-7-15-28;1-17(2)25-24(30)26-20-12-11-19-10-9-18-7-3-4-8-21(18)28(22(19)15-20)23(29)16-27-13-5-6-14-27;1-2-7-23(28)25-20-13-12-19-11-10-18-8-3-4-9-21(18)27(22(19)16-20)24(29)17-26-14-5-6-15-26;1-16-25-26-23(30-16)24-19-11-10-18-9-8-17-6-2-3-7-20(17)28(21(18)14-19)22(29)15-27-12-4-5-13-27;1-2-24-23(29)25-19-12-11-18-10-9-17-7-3-4-8-20(17)27(21(18)15-19)22(28)16-26-13-5-6-14-26/h4-9,12-16H,10-11,17H2,1-3H3,(H2,26,27,31);3-8,11-15,17H,9-10,16H2,1-2H3,(H2,25,26,30);3-6,8-9,12-16H,2,7,10-11,17H2,1H3,(H,25,28);2-7,10-14H,8-9,15H2,1H3,(H,24,26);3-8,11-15H,2,9-10,16H2,1H3,(H2,24,25,29). The normalized spacial score (nSPS) is 12.7. The van der Waals surface area contributed by atoms with E-state index >= 15 is 0 Å². The van der Waals surface area contributed by atoms with Gasteiger partial charge in [-0.25, -0.2) is 14.4 Å². The summed E-state index contributed by atoms with van der Waals surface area (Å²) in [6.45, 7) is 17.0. The molecule has 21 rings (SSSR count). The molecule has 0 spiro atoms. The lowest BCUT2D eigenvalue weighted by Crippen LogP contribution is -2.43. The minimum atomic E-state index is -0.340. The van der Waals surface area contributed by atoms with Crippen molar-refractivity contribution in [2.45, 2.75) is 177 Å². The maximum absolute atomic E-state index is 13.5. The van der Waals surface area contributed by atoms with Crippen LogP contribution in [0.2, 0.25) is 0 Å². The summed E-state index contributed by atoms with van der Waals surface area (Å²) in [6, 6.07) is 88.2. The first-order valence-corrected chi connectivity index (χ1v) is 50.6. The molecule has 30 nitrogen and oxygen atoms in total. The first kappa shape index (κ1) is 103. The van der Waals surface area contributed by atoms with Crippen molar-refractivity contribution in [2.75, 3.05) is 57.6 Å². The molecule has 10 aromatic carbocycles. The molecule has 12 amide bonds. The summed E-state index contributed by atoms with van der Waals surface area (Å²) in [5.74, 6) is 0.415. The van der Waals surface area contributed by atoms with Gasteiger partial charge in [0.05, 0.1) is 56.9 Å². The van der Waals surface area contributed by atoms with Crippen molar-refractivity contribution in [2.24, 2.45) is 0 Å². The third-order valence-electron chi connectivity index (χ3n) is 25.8. The maximum Gasteiger partial charge on any atom is 0.320 e. The molecular weight excluding hydrogens is 1870 g/mol. The van der Waals surface area contributed by atoms with Gasteiger partial charge < -0.3 is 69.8 Å². The minimum Gasteiger partial charge on any atom is -0.408 e. The van der Waals surface area contributed by atoms with Gasteiger partial charge in [-0.3, -0.25) is 53.3 Å². The lowest BCUT2D eigenvalue weighted by molar-refractivity contribution is -0.119. The molecule has 5 aliphatic rings. The summed E-state index contributed by atoms with van der Waals surface area (Å²) < 4.78 is 14.8. The van der Waals surface area contributed by atoms with E-state index in [2.05, 4.69) is 89.1 Å². The summed E-state index contributed by atoms with van der Waals surface area (Å²) in [5.41, 5.74) is 23.1. The minimum absolute atomic E-state index is 0.00571. The first-order chi connectivity index (χ1) is 72.3. The molecule has 0 saturated heterocycles. The third-order valence-corrected chi connectivity index (χ3v) is 25.8. The lowest BCUT2D eigenvalue weighted by atomic mass is 10.0. The summed E-state index contributed by atoms with van der Waals surface area (Å²) >= 11 is 0. The monoisotopic (exact) mass is 1990 g/mol. The first-order valence-electron chi connectivity index (χ1n) is 50.6. The Hall–Kier alpha value is -17.8. The van der Waals surface area contributed by atoms with Crippen LogP contribution in [0.3, 0.4) is 0 Å². The van der Waals surface area contributed by atoms with Crippen LogP contribution in [0.4, 0.5) is 106 Å². The zero-order chi connectivity index (χ0) is 104. The average molecular weight is 1990 g/mol. The molecule has 0 atom stereocenters. The number of anilines is 16. The second kappa shape index (κ2) is 47.8. The van der Waals surface area contributed by atoms with Crippen molar-refractivity contribution in [3.8, 4) is 0 Å². The number of benzene rings is 10. The van der Waals surface area contributed by atoms with Crippen LogP contribution in [0, 0.1) is 6.92 Å². The highest BCUT2D eigenvalue weighted by Gasteiger charge is 2.34. The average Bonchev–Trinajstić information content (AvgIpc) is 0.972. The molecule has 8 N–H and O–H groups in total. The van der Waals surface area contributed by atoms with E-state index in [1.165, 1.54) is 0 Å². The van der Waals surface area contributed by atoms with E-state index in [1.54, 1.807) is 21.6 Å². The predicted octanol–water partition coefficient (Wildman–Crippen LogP) is 22.5. The zero-order valence-electron chi connectivity index (χ0n) is 85.0. The van der Waals surface area contributed by atoms with Crippen LogP contribution in [0.25, 0.3) is 0 Å². The van der Waals surface area contributed by atoms with E-state index in [-0.39, 0.29) is 97.8 Å². The fourth-order valence-corrected chi connectivity index (χ4v) is 19.0. The van der Waals surface area contributed by atoms with Crippen molar-refractivity contribution < 1.29 is 47.6 Å². The van der Waals surface area contributed by atoms with Gasteiger partial charge in [0.25, 0.3) is 29.5 Å². The second-order valence-corrected chi connectivity index (χ2v) is 38.4. The van der Waals surface area contributed by atoms with Crippen LogP contribution < -0.4 is 67.0 Å². The van der Waals surface area contributed by atoms with Gasteiger partial charge >= 0.3 is 24.1 Å². The third kappa shape index (κ3) is 26.1. The van der Waals surface area contributed by atoms with Crippen molar-refractivity contribution in [1.82, 2.24) is 49.0 Å². The number of hydrogen-bond donors (Lipinski definition) is 8. The Balaban J connectivity index is 0.000000127. The largest absolute Gasteiger partial charge is 0.408 e. The number of nitrogens with one attached hydrogen (secondary N) is 8. The van der Waals surface area contributed by atoms with E-state index in [9.17, 15) is 43.2 Å². The van der Waals surface area contributed by atoms with E-state index in [4.69, 9.17) is 4.42 Å². The van der Waals surface area contributed by atoms with Gasteiger partial charge in [0.2, 0.25) is 11.8 Å². The zero-order valence-corrected chi connectivity index (χ0v) is 85.0. The van der Waals surface area contributed by atoms with Crippen LogP contribution in [-0.4, -0.2) is 105 Å². The number of amides is 12. The molecule has 0 aliphatic carbocycles. The van der Waals surface area contributed by atoms with Gasteiger partial charge in [0, 0.05) is 122 Å². The summed E-state index contributed by atoms with van der Waals surface area (Å²) in [4.78, 5) is 125. The van der Waals surface area contributed by atoms with Gasteiger partial charge in [-0.05, 0) is 319 Å². The molecular formula is C119H124N20O10. The van der Waals surface area contributed by atoms with Crippen molar-refractivity contribution in [3.05, 3.63) is 396 Å². The molecule has 30 heteroatoms. The van der Waals surface area contributed by atoms with E-state index in [0.29, 0.717) is 41.9 Å². The number of aryl methyl sites for hydroxylation is 11. The highest BCUT2D eigenvalue weighted by Crippen LogP contribution is 2.45. The highest BCUT2D eigenvalue weighted by molar-refractivity contribution is 6.08. The Morgan fingerprint density at radius 3 is 0.826 bits per heavy atom. The Kier molecular flexibility index (Phi) is 32.9. The number of fused-ring (bicyclic) bond motifs is 10. The number of rotatable bonds is 20. The Morgan fingerprint density at radius 2 is 0.564 bits per heavy atom. The van der Waals surface area contributed by atoms with Crippen LogP contribution >= 0.6 is 0 Å². The van der Waals surface area contributed by atoms with E-state index < -0.39 is 0 Å². The molecule has 6 aromatic heterocycles. The number of aromatic nitrogens is 7. The fourth-order valence-electron chi connectivity index (χ4n) is 19.0. The van der Waals surface area contributed by atoms with E-state index in [0.717, 1.165) is 195 Å². The van der Waals surface area contributed by atoms with Gasteiger partial charge in [0.15, 0.2) is 0 Å². The highest BCUT2D eigenvalue weighted by atomic mass is 16.4. The smallest absolute Gasteiger partial charge is 0.320 e. The molecule has 0 saturated carbocycles. The van der Waals surface area contributed by atoms with Crippen molar-refractivity contribution in [3.63, 3.8) is 0 Å². The topological polar surface area (TPSA) is 330 Å². The predicted molar refractivity (Wildman–Crippen MR) is 587 cm³/mol. The quantitative estimate of drug-likeness (QED) is 0.0352. The molecule has 0 unspecified atom stereocenters. The van der Waals surface area contributed by atoms with Crippen LogP contribution in [0.15, 0.2) is 339 Å². The van der Waals surface area contributed by atoms with Crippen molar-refractivity contribution in [1.29, 1.82) is 0 Å². The lowest BCUT2D eigenvalue weighted by Gasteiger charge is -2.26. The summed E-state index contributed by atoms with van der Waals surface area (Å²) in [6.07, 6.45) is 28.7. The number of urea groups is 3. The molecule has 0 bridgehead atoms. The summed E-state index contributed by atoms with van der Waals surface area (Å²) in [7, 11) is 0. The molecule has 760 valence electrons. The van der Waals surface area contributed by atoms with Crippen LogP contribution in [0.5, 0.6) is 0 Å². The molecule has 5 aliphatic heterocycles. The van der Waals surface area contributed by atoms with Crippen LogP contribution in [-0.2, 0) is 126 Å². The number of carbonyl (C=O) groups excluding carboxylic acids is 9. The SMILES string of the molecule is CC(C)(C)NC(=O)Nc1ccc2c(c1)N(C(=O)Cn1cccc1)c1ccccc1CC2.CC(C)NC(=O)Nc1ccc2c(c1)N(C(=O)Cn1cccc1)c1ccccc1CC2.CCCC(=O)Nc1ccc2c(c1)N(C(=O)Cn1cccc1)c1ccccc1CC2.CCNC(=O)Nc1ccc2c(c1)N(C(=O)Cn1cccc1)c1ccccc1CC2.Cc1nnc(Nc2ccc3c(c2)N(C(=O)Cn2cccc2)c2ccccc2CC3)o1. The van der Waals surface area contributed by atoms with Crippen LogP contribution in [0.1, 0.15) is 123 Å². The van der Waals surface area contributed by atoms with Gasteiger partial charge in [-0.15, -0.1) is 5.10 Å². The Morgan fingerprint density at radius 1 is 0.309 bits per heavy atom. The maximum atomic E-state index is 13.5. The second-order valence-electron chi connectivity index (χ2n) is 38.4. The van der Waals surface area contributed by atoms with E-state index in [1.807, 2.05) is 380 Å². The summed E-state index contributed by atoms with van der Waals surface area (Å²) in [5, 5.41) is 31.1. The molecule has 11 heterocycles. The van der Waals surface area contributed by atoms with Gasteiger partial charge in [-0.1, -0.05) is 133 Å². The number of nitrogens with zero attached hydrogens (tertiary/aromatic N) is 12. The number of hydrogen-bond acceptors (Lipinski definition) is 13. The Labute approximate surface area is 867 Å². The van der Waals surface area contributed by atoms with Crippen molar-refractivity contribution >= 4 is 145 Å². The Bertz CT molecular complexity index is 7260. The van der Waals surface area contributed by atoms with Gasteiger partial charge in [0.1, 0.15) is 32.7 Å². The fraction of sp³-hybridized carbons (Fsp3) is 0.235. The number of para-hydroxylation sites is 5. The molecule has 16 aromatic rings. The molecule has 0 fully saturated rings.